The fraction of sp³-hybridized carbons (Fsp3) is 0.0417. The zero-order valence-corrected chi connectivity index (χ0v) is 19.1. The van der Waals surface area contributed by atoms with Crippen LogP contribution in [-0.4, -0.2) is 28.3 Å². The molecule has 0 radical (unpaired) electrons. The topological polar surface area (TPSA) is 119 Å². The van der Waals surface area contributed by atoms with E-state index in [1.54, 1.807) is 30.3 Å². The molecule has 0 unspecified atom stereocenters. The molecule has 0 amide bonds. The van der Waals surface area contributed by atoms with Crippen LogP contribution in [0.3, 0.4) is 0 Å². The van der Waals surface area contributed by atoms with Gasteiger partial charge in [0.2, 0.25) is 10.0 Å². The van der Waals surface area contributed by atoms with Gasteiger partial charge in [-0.15, -0.1) is 0 Å². The number of benzene rings is 4. The van der Waals surface area contributed by atoms with Crippen molar-refractivity contribution in [2.24, 2.45) is 10.2 Å². The number of primary sulfonamides is 1. The van der Waals surface area contributed by atoms with E-state index in [4.69, 9.17) is 5.14 Å². The first-order valence-electron chi connectivity index (χ1n) is 9.95. The molecule has 4 rings (SSSR count). The number of sulfone groups is 1. The summed E-state index contributed by atoms with van der Waals surface area (Å²) in [6.07, 6.45) is 0. The molecule has 4 aromatic rings. The standard InChI is InChI=1S/C24H21N3O4S2/c25-33(30,31)23-14-12-21(13-15-23)26-27-24(17-32(28,29)22-8-2-1-3-9-22)20-11-10-18-6-4-5-7-19(18)16-20/h1-16,26H,17H2,(H2,25,30,31)/b27-24+. The molecule has 0 spiro atoms. The van der Waals surface area contributed by atoms with E-state index in [1.165, 1.54) is 24.3 Å². The number of nitrogens with one attached hydrogen (secondary N) is 1. The predicted molar refractivity (Wildman–Crippen MR) is 130 cm³/mol. The Bertz CT molecular complexity index is 1530. The summed E-state index contributed by atoms with van der Waals surface area (Å²) in [4.78, 5) is 0.175. The SMILES string of the molecule is NS(=O)(=O)c1ccc(N/N=C(\CS(=O)(=O)c2ccccc2)c2ccc3ccccc3c2)cc1. The van der Waals surface area contributed by atoms with Crippen molar-refractivity contribution < 1.29 is 16.8 Å². The molecule has 0 bridgehead atoms. The van der Waals surface area contributed by atoms with Gasteiger partial charge >= 0.3 is 0 Å². The van der Waals surface area contributed by atoms with Gasteiger partial charge in [0, 0.05) is 0 Å². The van der Waals surface area contributed by atoms with Crippen LogP contribution >= 0.6 is 0 Å². The lowest BCUT2D eigenvalue weighted by Gasteiger charge is -2.11. The first kappa shape index (κ1) is 22.7. The second-order valence-corrected chi connectivity index (χ2v) is 10.9. The van der Waals surface area contributed by atoms with E-state index in [0.717, 1.165) is 10.8 Å². The molecule has 7 nitrogen and oxygen atoms in total. The molecule has 0 aliphatic heterocycles. The van der Waals surface area contributed by atoms with Crippen LogP contribution in [0.2, 0.25) is 0 Å². The number of nitrogens with two attached hydrogens (primary N) is 1. The Morgan fingerprint density at radius 1 is 0.727 bits per heavy atom. The summed E-state index contributed by atoms with van der Waals surface area (Å²) < 4.78 is 49.0. The van der Waals surface area contributed by atoms with Gasteiger partial charge < -0.3 is 0 Å². The highest BCUT2D eigenvalue weighted by Crippen LogP contribution is 2.20. The van der Waals surface area contributed by atoms with Gasteiger partial charge in [-0.05, 0) is 58.8 Å². The fourth-order valence-corrected chi connectivity index (χ4v) is 5.14. The number of rotatable bonds is 7. The highest BCUT2D eigenvalue weighted by atomic mass is 32.2. The molecular weight excluding hydrogens is 458 g/mol. The molecular formula is C24H21N3O4S2. The molecule has 3 N–H and O–H groups in total. The Balaban J connectivity index is 1.71. The number of hydrazone groups is 1. The van der Waals surface area contributed by atoms with Gasteiger partial charge in [-0.25, -0.2) is 22.0 Å². The van der Waals surface area contributed by atoms with Crippen molar-refractivity contribution in [2.45, 2.75) is 9.79 Å². The van der Waals surface area contributed by atoms with Gasteiger partial charge in [0.05, 0.1) is 26.9 Å². The molecule has 0 saturated carbocycles. The Morgan fingerprint density at radius 2 is 1.36 bits per heavy atom. The fourth-order valence-electron chi connectivity index (χ4n) is 3.29. The van der Waals surface area contributed by atoms with Crippen LogP contribution in [-0.2, 0) is 19.9 Å². The van der Waals surface area contributed by atoms with E-state index < -0.39 is 19.9 Å². The first-order valence-corrected chi connectivity index (χ1v) is 13.1. The monoisotopic (exact) mass is 479 g/mol. The van der Waals surface area contributed by atoms with E-state index >= 15 is 0 Å². The van der Waals surface area contributed by atoms with Gasteiger partial charge in [-0.3, -0.25) is 5.43 Å². The van der Waals surface area contributed by atoms with Gasteiger partial charge in [0.1, 0.15) is 0 Å². The lowest BCUT2D eigenvalue weighted by atomic mass is 10.0. The zero-order valence-electron chi connectivity index (χ0n) is 17.4. The predicted octanol–water partition coefficient (Wildman–Crippen LogP) is 3.78. The molecule has 33 heavy (non-hydrogen) atoms. The maximum Gasteiger partial charge on any atom is 0.238 e. The third-order valence-electron chi connectivity index (χ3n) is 5.01. The maximum atomic E-state index is 13.1. The minimum Gasteiger partial charge on any atom is -0.278 e. The van der Waals surface area contributed by atoms with Crippen LogP contribution in [0.4, 0.5) is 5.69 Å². The van der Waals surface area contributed by atoms with Crippen molar-refractivity contribution >= 4 is 42.0 Å². The third kappa shape index (κ3) is 5.46. The zero-order chi connectivity index (χ0) is 23.5. The quantitative estimate of drug-likeness (QED) is 0.309. The van der Waals surface area contributed by atoms with Gasteiger partial charge in [0.25, 0.3) is 0 Å². The second kappa shape index (κ2) is 9.14. The summed E-state index contributed by atoms with van der Waals surface area (Å²) in [7, 11) is -7.47. The molecule has 0 aromatic heterocycles. The molecule has 9 heteroatoms. The summed E-state index contributed by atoms with van der Waals surface area (Å²) in [6, 6.07) is 27.3. The number of sulfonamides is 1. The molecule has 0 fully saturated rings. The summed E-state index contributed by atoms with van der Waals surface area (Å²) in [5, 5.41) is 11.5. The van der Waals surface area contributed by atoms with Crippen LogP contribution < -0.4 is 10.6 Å². The number of hydrogen-bond donors (Lipinski definition) is 2. The molecule has 168 valence electrons. The first-order chi connectivity index (χ1) is 15.7. The van der Waals surface area contributed by atoms with E-state index in [2.05, 4.69) is 10.5 Å². The van der Waals surface area contributed by atoms with E-state index in [1.807, 2.05) is 42.5 Å². The largest absolute Gasteiger partial charge is 0.278 e. The van der Waals surface area contributed by atoms with Crippen LogP contribution in [0.5, 0.6) is 0 Å². The van der Waals surface area contributed by atoms with Crippen molar-refractivity contribution in [2.75, 3.05) is 11.2 Å². The smallest absolute Gasteiger partial charge is 0.238 e. The molecule has 0 atom stereocenters. The van der Waals surface area contributed by atoms with E-state index in [-0.39, 0.29) is 15.5 Å². The summed E-state index contributed by atoms with van der Waals surface area (Å²) in [5.74, 6) is -0.322. The summed E-state index contributed by atoms with van der Waals surface area (Å²) >= 11 is 0. The molecule has 4 aromatic carbocycles. The average Bonchev–Trinajstić information content (AvgIpc) is 2.81. The average molecular weight is 480 g/mol. The Morgan fingerprint density at radius 3 is 2.03 bits per heavy atom. The van der Waals surface area contributed by atoms with Gasteiger partial charge in [0.15, 0.2) is 9.84 Å². The van der Waals surface area contributed by atoms with Crippen molar-refractivity contribution in [3.8, 4) is 0 Å². The summed E-state index contributed by atoms with van der Waals surface area (Å²) in [5.41, 5.74) is 4.29. The summed E-state index contributed by atoms with van der Waals surface area (Å²) in [6.45, 7) is 0. The normalized spacial score (nSPS) is 12.6. The van der Waals surface area contributed by atoms with Crippen LogP contribution in [0.25, 0.3) is 10.8 Å². The van der Waals surface area contributed by atoms with Crippen molar-refractivity contribution in [1.82, 2.24) is 0 Å². The van der Waals surface area contributed by atoms with Gasteiger partial charge in [-0.2, -0.15) is 5.10 Å². The minimum absolute atomic E-state index is 0.0292. The number of fused-ring (bicyclic) bond motifs is 1. The molecule has 0 aliphatic rings. The molecule has 0 heterocycles. The minimum atomic E-state index is -3.81. The van der Waals surface area contributed by atoms with Crippen LogP contribution in [0.15, 0.2) is 112 Å². The van der Waals surface area contributed by atoms with Crippen molar-refractivity contribution in [3.63, 3.8) is 0 Å². The number of nitrogens with zero attached hydrogens (tertiary/aromatic N) is 1. The third-order valence-corrected chi connectivity index (χ3v) is 7.59. The van der Waals surface area contributed by atoms with Crippen LogP contribution in [0, 0.1) is 0 Å². The highest BCUT2D eigenvalue weighted by molar-refractivity contribution is 7.92. The number of hydrogen-bond acceptors (Lipinski definition) is 6. The van der Waals surface area contributed by atoms with E-state index in [0.29, 0.717) is 17.0 Å². The second-order valence-electron chi connectivity index (χ2n) is 7.37. The Kier molecular flexibility index (Phi) is 6.28. The highest BCUT2D eigenvalue weighted by Gasteiger charge is 2.19. The maximum absolute atomic E-state index is 13.1. The van der Waals surface area contributed by atoms with Crippen LogP contribution in [0.1, 0.15) is 5.56 Å². The Labute approximate surface area is 192 Å². The molecule has 0 aliphatic carbocycles. The Hall–Kier alpha value is -3.53. The van der Waals surface area contributed by atoms with Crippen molar-refractivity contribution in [1.29, 1.82) is 0 Å². The van der Waals surface area contributed by atoms with Gasteiger partial charge in [-0.1, -0.05) is 54.6 Å². The lowest BCUT2D eigenvalue weighted by Crippen LogP contribution is -2.19. The van der Waals surface area contributed by atoms with Crippen molar-refractivity contribution in [3.05, 3.63) is 103 Å². The molecule has 0 saturated heterocycles. The lowest BCUT2D eigenvalue weighted by molar-refractivity contribution is 0.596. The number of anilines is 1. The van der Waals surface area contributed by atoms with E-state index in [9.17, 15) is 16.8 Å².